The van der Waals surface area contributed by atoms with E-state index >= 15 is 0 Å². The van der Waals surface area contributed by atoms with Gasteiger partial charge in [0.1, 0.15) is 0 Å². The normalized spacial score (nSPS) is 10.6. The maximum absolute atomic E-state index is 4.18. The second-order valence-corrected chi connectivity index (χ2v) is 3.79. The molecule has 92 valence electrons. The minimum absolute atomic E-state index is 0.840. The highest BCUT2D eigenvalue weighted by molar-refractivity contribution is 5.52. The summed E-state index contributed by atoms with van der Waals surface area (Å²) in [5.41, 5.74) is 3.80. The molecule has 0 unspecified atom stereocenters. The molecular formula is C14H16N4. The molecule has 0 fully saturated rings. The zero-order valence-corrected chi connectivity index (χ0v) is 10.5. The van der Waals surface area contributed by atoms with Crippen LogP contribution in [0.15, 0.2) is 58.8 Å². The Morgan fingerprint density at radius 1 is 0.611 bits per heavy atom. The van der Waals surface area contributed by atoms with Gasteiger partial charge in [0.25, 0.3) is 0 Å². The first-order valence-corrected chi connectivity index (χ1v) is 5.79. The monoisotopic (exact) mass is 240 g/mol. The van der Waals surface area contributed by atoms with Gasteiger partial charge in [-0.05, 0) is 48.5 Å². The Balaban J connectivity index is 2.08. The van der Waals surface area contributed by atoms with Crippen molar-refractivity contribution in [3.63, 3.8) is 0 Å². The van der Waals surface area contributed by atoms with Gasteiger partial charge in [0.05, 0.1) is 11.4 Å². The van der Waals surface area contributed by atoms with Crippen LogP contribution in [0.1, 0.15) is 0 Å². The number of benzene rings is 2. The van der Waals surface area contributed by atoms with Gasteiger partial charge in [-0.15, -0.1) is 0 Å². The second-order valence-electron chi connectivity index (χ2n) is 3.79. The first-order chi connectivity index (χ1) is 8.81. The van der Waals surface area contributed by atoms with Crippen molar-refractivity contribution in [2.75, 3.05) is 24.7 Å². The molecule has 0 aliphatic carbocycles. The Kier molecular flexibility index (Phi) is 3.91. The third-order valence-corrected chi connectivity index (χ3v) is 2.59. The predicted octanol–water partition coefficient (Wildman–Crippen LogP) is 4.19. The van der Waals surface area contributed by atoms with Crippen LogP contribution in [0.3, 0.4) is 0 Å². The topological polar surface area (TPSA) is 48.8 Å². The minimum atomic E-state index is 0.840. The summed E-state index contributed by atoms with van der Waals surface area (Å²) < 4.78 is 0. The molecule has 0 saturated heterocycles. The van der Waals surface area contributed by atoms with Crippen LogP contribution in [0.4, 0.5) is 22.7 Å². The van der Waals surface area contributed by atoms with Crippen LogP contribution < -0.4 is 10.6 Å². The number of nitrogens with zero attached hydrogens (tertiary/aromatic N) is 2. The SMILES string of the molecule is CNc1ccc(N=Nc2ccc(NC)cc2)cc1. The van der Waals surface area contributed by atoms with Crippen molar-refractivity contribution in [2.45, 2.75) is 0 Å². The van der Waals surface area contributed by atoms with Gasteiger partial charge in [-0.2, -0.15) is 10.2 Å². The number of rotatable bonds is 4. The summed E-state index contributed by atoms with van der Waals surface area (Å²) in [6.07, 6.45) is 0. The van der Waals surface area contributed by atoms with Crippen molar-refractivity contribution in [3.05, 3.63) is 48.5 Å². The molecule has 0 heterocycles. The van der Waals surface area contributed by atoms with Crippen LogP contribution in [-0.4, -0.2) is 14.1 Å². The quantitative estimate of drug-likeness (QED) is 0.787. The smallest absolute Gasteiger partial charge is 0.0858 e. The minimum Gasteiger partial charge on any atom is -0.388 e. The van der Waals surface area contributed by atoms with E-state index in [0.717, 1.165) is 22.7 Å². The molecule has 4 nitrogen and oxygen atoms in total. The molecule has 2 aromatic rings. The predicted molar refractivity (Wildman–Crippen MR) is 76.2 cm³/mol. The summed E-state index contributed by atoms with van der Waals surface area (Å²) in [7, 11) is 3.78. The fourth-order valence-electron chi connectivity index (χ4n) is 1.50. The van der Waals surface area contributed by atoms with E-state index in [2.05, 4.69) is 20.9 Å². The van der Waals surface area contributed by atoms with Crippen LogP contribution >= 0.6 is 0 Å². The van der Waals surface area contributed by atoms with Gasteiger partial charge in [-0.1, -0.05) is 0 Å². The lowest BCUT2D eigenvalue weighted by atomic mass is 10.3. The van der Waals surface area contributed by atoms with Gasteiger partial charge >= 0.3 is 0 Å². The van der Waals surface area contributed by atoms with Gasteiger partial charge in [-0.25, -0.2) is 0 Å². The summed E-state index contributed by atoms with van der Waals surface area (Å²) in [6.45, 7) is 0. The Bertz CT molecular complexity index is 465. The fourth-order valence-corrected chi connectivity index (χ4v) is 1.50. The molecule has 0 aromatic heterocycles. The standard InChI is InChI=1S/C14H16N4/c1-15-11-3-7-13(8-4-11)17-18-14-9-5-12(16-2)6-10-14/h3-10,15-16H,1-2H3. The lowest BCUT2D eigenvalue weighted by Gasteiger charge is -2.00. The van der Waals surface area contributed by atoms with E-state index in [4.69, 9.17) is 0 Å². The van der Waals surface area contributed by atoms with E-state index in [9.17, 15) is 0 Å². The summed E-state index contributed by atoms with van der Waals surface area (Å²) in [5, 5.41) is 14.5. The van der Waals surface area contributed by atoms with Crippen LogP contribution in [0.25, 0.3) is 0 Å². The zero-order chi connectivity index (χ0) is 12.8. The highest BCUT2D eigenvalue weighted by Gasteiger charge is 1.92. The Hall–Kier alpha value is -2.36. The zero-order valence-electron chi connectivity index (χ0n) is 10.5. The molecule has 4 heteroatoms. The molecule has 0 spiro atoms. The van der Waals surface area contributed by atoms with Gasteiger partial charge in [-0.3, -0.25) is 0 Å². The maximum Gasteiger partial charge on any atom is 0.0858 e. The van der Waals surface area contributed by atoms with Gasteiger partial charge in [0, 0.05) is 25.5 Å². The van der Waals surface area contributed by atoms with Gasteiger partial charge < -0.3 is 10.6 Å². The molecule has 0 aliphatic rings. The first kappa shape index (κ1) is 12.1. The molecule has 0 bridgehead atoms. The molecular weight excluding hydrogens is 224 g/mol. The third kappa shape index (κ3) is 3.07. The molecule has 2 aromatic carbocycles. The molecule has 2 N–H and O–H groups in total. The number of nitrogens with one attached hydrogen (secondary N) is 2. The van der Waals surface area contributed by atoms with Crippen LogP contribution in [-0.2, 0) is 0 Å². The molecule has 0 saturated carbocycles. The Labute approximate surface area is 107 Å². The lowest BCUT2D eigenvalue weighted by molar-refractivity contribution is 1.23. The highest BCUT2D eigenvalue weighted by atomic mass is 15.1. The Morgan fingerprint density at radius 3 is 1.22 bits per heavy atom. The molecule has 0 amide bonds. The Morgan fingerprint density at radius 2 is 0.944 bits per heavy atom. The van der Waals surface area contributed by atoms with E-state index in [0.29, 0.717) is 0 Å². The average molecular weight is 240 g/mol. The second kappa shape index (κ2) is 5.82. The van der Waals surface area contributed by atoms with Crippen molar-refractivity contribution in [1.82, 2.24) is 0 Å². The number of azo groups is 1. The van der Waals surface area contributed by atoms with Crippen LogP contribution in [0.5, 0.6) is 0 Å². The maximum atomic E-state index is 4.18. The van der Waals surface area contributed by atoms with E-state index in [1.165, 1.54) is 0 Å². The number of hydrogen-bond acceptors (Lipinski definition) is 4. The summed E-state index contributed by atoms with van der Waals surface area (Å²) in [5.74, 6) is 0. The number of anilines is 2. The molecule has 2 rings (SSSR count). The first-order valence-electron chi connectivity index (χ1n) is 5.79. The number of hydrogen-bond donors (Lipinski definition) is 2. The van der Waals surface area contributed by atoms with E-state index in [-0.39, 0.29) is 0 Å². The fraction of sp³-hybridized carbons (Fsp3) is 0.143. The highest BCUT2D eigenvalue weighted by Crippen LogP contribution is 2.21. The van der Waals surface area contributed by atoms with Crippen molar-refractivity contribution in [1.29, 1.82) is 0 Å². The van der Waals surface area contributed by atoms with E-state index < -0.39 is 0 Å². The van der Waals surface area contributed by atoms with Gasteiger partial charge in [0.2, 0.25) is 0 Å². The third-order valence-electron chi connectivity index (χ3n) is 2.59. The molecule has 18 heavy (non-hydrogen) atoms. The summed E-state index contributed by atoms with van der Waals surface area (Å²) in [6, 6.07) is 15.6. The van der Waals surface area contributed by atoms with Crippen LogP contribution in [0, 0.1) is 0 Å². The lowest BCUT2D eigenvalue weighted by Crippen LogP contribution is -1.85. The van der Waals surface area contributed by atoms with Crippen molar-refractivity contribution in [2.24, 2.45) is 10.2 Å². The molecule has 0 radical (unpaired) electrons. The van der Waals surface area contributed by atoms with Crippen LogP contribution in [0.2, 0.25) is 0 Å². The molecule has 0 aliphatic heterocycles. The van der Waals surface area contributed by atoms with E-state index in [1.54, 1.807) is 0 Å². The average Bonchev–Trinajstić information content (AvgIpc) is 2.46. The van der Waals surface area contributed by atoms with E-state index in [1.807, 2.05) is 62.6 Å². The van der Waals surface area contributed by atoms with Crippen molar-refractivity contribution in [3.8, 4) is 0 Å². The molecule has 0 atom stereocenters. The van der Waals surface area contributed by atoms with Gasteiger partial charge in [0.15, 0.2) is 0 Å². The largest absolute Gasteiger partial charge is 0.388 e. The summed E-state index contributed by atoms with van der Waals surface area (Å²) >= 11 is 0. The summed E-state index contributed by atoms with van der Waals surface area (Å²) in [4.78, 5) is 0. The van der Waals surface area contributed by atoms with Crippen molar-refractivity contribution >= 4 is 22.7 Å². The van der Waals surface area contributed by atoms with Crippen molar-refractivity contribution < 1.29 is 0 Å².